The zero-order chi connectivity index (χ0) is 22.2. The highest BCUT2D eigenvalue weighted by atomic mass is 32.1. The van der Waals surface area contributed by atoms with Crippen molar-refractivity contribution in [2.45, 2.75) is 52.6 Å². The fraction of sp³-hybridized carbons (Fsp3) is 0.400. The van der Waals surface area contributed by atoms with Crippen LogP contribution in [0.4, 0.5) is 0 Å². The van der Waals surface area contributed by atoms with Gasteiger partial charge in [0.1, 0.15) is 16.2 Å². The van der Waals surface area contributed by atoms with Crippen LogP contribution in [0.1, 0.15) is 53.5 Å². The summed E-state index contributed by atoms with van der Waals surface area (Å²) in [5.74, 6) is 0.711. The summed E-state index contributed by atoms with van der Waals surface area (Å²) < 4.78 is 7.36. The maximum absolute atomic E-state index is 13.7. The minimum atomic E-state index is -0.214. The van der Waals surface area contributed by atoms with Crippen LogP contribution in [0.3, 0.4) is 0 Å². The van der Waals surface area contributed by atoms with Gasteiger partial charge in [-0.25, -0.2) is 4.98 Å². The van der Waals surface area contributed by atoms with E-state index >= 15 is 0 Å². The molecule has 0 bridgehead atoms. The number of rotatable bonds is 7. The van der Waals surface area contributed by atoms with Gasteiger partial charge >= 0.3 is 0 Å². The average molecular weight is 450 g/mol. The monoisotopic (exact) mass is 449 g/mol. The van der Waals surface area contributed by atoms with Crippen LogP contribution in [0.15, 0.2) is 39.5 Å². The fourth-order valence-electron chi connectivity index (χ4n) is 4.55. The Hall–Kier alpha value is -2.77. The summed E-state index contributed by atoms with van der Waals surface area (Å²) in [6, 6.07) is 9.31. The van der Waals surface area contributed by atoms with E-state index in [1.165, 1.54) is 4.88 Å². The second-order valence-electron chi connectivity index (χ2n) is 8.34. The summed E-state index contributed by atoms with van der Waals surface area (Å²) in [6.07, 6.45) is 4.18. The summed E-state index contributed by atoms with van der Waals surface area (Å²) in [5, 5.41) is 1.59. The molecule has 0 aliphatic heterocycles. The molecule has 3 heterocycles. The normalized spacial score (nSPS) is 13.8. The highest BCUT2D eigenvalue weighted by Gasteiger charge is 2.24. The van der Waals surface area contributed by atoms with E-state index in [-0.39, 0.29) is 23.6 Å². The van der Waals surface area contributed by atoms with Crippen LogP contribution >= 0.6 is 11.3 Å². The number of carbonyl (C=O) groups is 1. The molecule has 1 aliphatic rings. The molecular weight excluding hydrogens is 422 g/mol. The summed E-state index contributed by atoms with van der Waals surface area (Å²) in [6.45, 7) is 6.35. The van der Waals surface area contributed by atoms with Gasteiger partial charge in [0.05, 0.1) is 18.5 Å². The first-order chi connectivity index (χ1) is 15.6. The van der Waals surface area contributed by atoms with Gasteiger partial charge in [-0.2, -0.15) is 0 Å². The smallest absolute Gasteiger partial charge is 0.263 e. The van der Waals surface area contributed by atoms with Crippen molar-refractivity contribution in [2.75, 3.05) is 13.1 Å². The predicted octanol–water partition coefficient (Wildman–Crippen LogP) is 4.81. The van der Waals surface area contributed by atoms with Gasteiger partial charge in [0.15, 0.2) is 5.76 Å². The van der Waals surface area contributed by atoms with Crippen molar-refractivity contribution in [1.29, 1.82) is 0 Å². The molecule has 0 saturated carbocycles. The standard InChI is InChI=1S/C25H27N3O3S/c1-3-27(4-2)15-22-26-24-23(17-10-6-8-12-21(17)32-24)25(30)28(22)14-18(29)20-13-16-9-5-7-11-19(16)31-20/h5,7,9,11,13H,3-4,6,8,10,12,14-15H2,1-2H3. The number of nitrogens with zero attached hydrogens (tertiary/aromatic N) is 3. The van der Waals surface area contributed by atoms with Crippen molar-refractivity contribution in [3.8, 4) is 0 Å². The molecule has 32 heavy (non-hydrogen) atoms. The highest BCUT2D eigenvalue weighted by Crippen LogP contribution is 2.34. The van der Waals surface area contributed by atoms with E-state index in [2.05, 4.69) is 18.7 Å². The van der Waals surface area contributed by atoms with Crippen LogP contribution in [0.2, 0.25) is 0 Å². The van der Waals surface area contributed by atoms with Gasteiger partial charge in [-0.05, 0) is 56.5 Å². The number of hydrogen-bond acceptors (Lipinski definition) is 6. The quantitative estimate of drug-likeness (QED) is 0.379. The fourth-order valence-corrected chi connectivity index (χ4v) is 5.82. The van der Waals surface area contributed by atoms with Gasteiger partial charge < -0.3 is 4.42 Å². The number of hydrogen-bond donors (Lipinski definition) is 0. The highest BCUT2D eigenvalue weighted by molar-refractivity contribution is 7.18. The van der Waals surface area contributed by atoms with Gasteiger partial charge in [-0.1, -0.05) is 32.0 Å². The second-order valence-corrected chi connectivity index (χ2v) is 9.43. The van der Waals surface area contributed by atoms with Crippen molar-refractivity contribution >= 4 is 38.3 Å². The molecule has 0 atom stereocenters. The molecule has 5 rings (SSSR count). The summed E-state index contributed by atoms with van der Waals surface area (Å²) >= 11 is 1.65. The molecule has 0 spiro atoms. The van der Waals surface area contributed by atoms with Crippen LogP contribution in [0, 0.1) is 0 Å². The molecule has 3 aromatic heterocycles. The van der Waals surface area contributed by atoms with Crippen LogP contribution in [0.25, 0.3) is 21.2 Å². The number of benzene rings is 1. The van der Waals surface area contributed by atoms with Crippen LogP contribution in [-0.2, 0) is 25.9 Å². The number of fused-ring (bicyclic) bond motifs is 4. The zero-order valence-corrected chi connectivity index (χ0v) is 19.3. The lowest BCUT2D eigenvalue weighted by atomic mass is 9.97. The minimum absolute atomic E-state index is 0.0666. The van der Waals surface area contributed by atoms with Gasteiger partial charge in [-0.3, -0.25) is 19.1 Å². The number of thiophene rings is 1. The topological polar surface area (TPSA) is 68.3 Å². The Kier molecular flexibility index (Phi) is 5.69. The minimum Gasteiger partial charge on any atom is -0.453 e. The number of ketones is 1. The lowest BCUT2D eigenvalue weighted by Gasteiger charge is -2.20. The van der Waals surface area contributed by atoms with E-state index < -0.39 is 0 Å². The van der Waals surface area contributed by atoms with E-state index in [4.69, 9.17) is 9.40 Å². The second kappa shape index (κ2) is 8.64. The Bertz CT molecular complexity index is 1330. The number of Topliss-reactive ketones (excluding diaryl/α,β-unsaturated/α-hetero) is 1. The zero-order valence-electron chi connectivity index (χ0n) is 18.5. The third kappa shape index (κ3) is 3.69. The Morgan fingerprint density at radius 3 is 2.75 bits per heavy atom. The Balaban J connectivity index is 1.60. The van der Waals surface area contributed by atoms with E-state index in [1.54, 1.807) is 22.0 Å². The number of para-hydroxylation sites is 1. The van der Waals surface area contributed by atoms with Crippen LogP contribution < -0.4 is 5.56 Å². The maximum Gasteiger partial charge on any atom is 0.263 e. The van der Waals surface area contributed by atoms with Gasteiger partial charge in [0.2, 0.25) is 5.78 Å². The van der Waals surface area contributed by atoms with Crippen molar-refractivity contribution in [3.05, 3.63) is 62.7 Å². The molecule has 166 valence electrons. The maximum atomic E-state index is 13.7. The molecule has 1 aliphatic carbocycles. The van der Waals surface area contributed by atoms with E-state index in [0.717, 1.165) is 54.6 Å². The molecular formula is C25H27N3O3S. The summed E-state index contributed by atoms with van der Waals surface area (Å²) in [5.41, 5.74) is 1.72. The summed E-state index contributed by atoms with van der Waals surface area (Å²) in [7, 11) is 0. The summed E-state index contributed by atoms with van der Waals surface area (Å²) in [4.78, 5) is 36.1. The molecule has 1 aromatic carbocycles. The molecule has 6 nitrogen and oxygen atoms in total. The SMILES string of the molecule is CCN(CC)Cc1nc2sc3c(c2c(=O)n1CC(=O)c1cc2ccccc2o1)CCCC3. The molecule has 0 N–H and O–H groups in total. The number of carbonyl (C=O) groups excluding carboxylic acids is 1. The van der Waals surface area contributed by atoms with Crippen molar-refractivity contribution in [2.24, 2.45) is 0 Å². The molecule has 0 radical (unpaired) electrons. The lowest BCUT2D eigenvalue weighted by molar-refractivity contribution is 0.0943. The van der Waals surface area contributed by atoms with Gasteiger partial charge in [0, 0.05) is 10.3 Å². The van der Waals surface area contributed by atoms with Crippen molar-refractivity contribution < 1.29 is 9.21 Å². The lowest BCUT2D eigenvalue weighted by Crippen LogP contribution is -2.33. The van der Waals surface area contributed by atoms with Gasteiger partial charge in [-0.15, -0.1) is 11.3 Å². The molecule has 4 aromatic rings. The third-order valence-electron chi connectivity index (χ3n) is 6.42. The first-order valence-electron chi connectivity index (χ1n) is 11.4. The molecule has 7 heteroatoms. The molecule has 0 fully saturated rings. The van der Waals surface area contributed by atoms with Crippen molar-refractivity contribution in [1.82, 2.24) is 14.5 Å². The number of aromatic nitrogens is 2. The number of aryl methyl sites for hydroxylation is 2. The van der Waals surface area contributed by atoms with E-state index in [9.17, 15) is 9.59 Å². The van der Waals surface area contributed by atoms with Crippen LogP contribution in [0.5, 0.6) is 0 Å². The molecule has 0 amide bonds. The first-order valence-corrected chi connectivity index (χ1v) is 12.2. The van der Waals surface area contributed by atoms with Crippen molar-refractivity contribution in [3.63, 3.8) is 0 Å². The Morgan fingerprint density at radius 1 is 1.19 bits per heavy atom. The Morgan fingerprint density at radius 2 is 1.97 bits per heavy atom. The average Bonchev–Trinajstić information content (AvgIpc) is 3.41. The number of furan rings is 1. The molecule has 0 saturated heterocycles. The first kappa shape index (κ1) is 21.1. The molecule has 0 unspecified atom stereocenters. The van der Waals surface area contributed by atoms with E-state index in [1.807, 2.05) is 24.3 Å². The van der Waals surface area contributed by atoms with E-state index in [0.29, 0.717) is 23.3 Å². The van der Waals surface area contributed by atoms with Gasteiger partial charge in [0.25, 0.3) is 5.56 Å². The predicted molar refractivity (Wildman–Crippen MR) is 128 cm³/mol. The Labute approximate surface area is 190 Å². The largest absolute Gasteiger partial charge is 0.453 e. The van der Waals surface area contributed by atoms with Crippen LogP contribution in [-0.4, -0.2) is 33.3 Å². The third-order valence-corrected chi connectivity index (χ3v) is 7.60.